The minimum Gasteiger partial charge on any atom is -0.463 e. The van der Waals surface area contributed by atoms with E-state index in [1.54, 1.807) is 6.92 Å². The number of nitrogens with two attached hydrogens (primary N) is 1. The number of nitrogens with zero attached hydrogens (tertiary/aromatic N) is 3. The lowest BCUT2D eigenvalue weighted by atomic mass is 9.84. The van der Waals surface area contributed by atoms with E-state index in [1.807, 2.05) is 36.4 Å². The lowest BCUT2D eigenvalue weighted by Crippen LogP contribution is -2.23. The SMILES string of the molecule is CCOC(=O)C1=C(CSc2nc3c(cc2C#N)CCCCCC3)SC(N)=C(C#N)C1c1ccccc1. The fourth-order valence-electron chi connectivity index (χ4n) is 4.63. The number of nitriles is 2. The van der Waals surface area contributed by atoms with Crippen molar-refractivity contribution in [3.63, 3.8) is 0 Å². The number of aromatic nitrogens is 1. The van der Waals surface area contributed by atoms with Crippen molar-refractivity contribution in [2.24, 2.45) is 5.73 Å². The molecule has 2 N–H and O–H groups in total. The number of aryl methyl sites for hydroxylation is 2. The number of benzene rings is 1. The molecule has 0 spiro atoms. The molecule has 1 aromatic heterocycles. The maximum Gasteiger partial charge on any atom is 0.335 e. The molecule has 2 aliphatic rings. The van der Waals surface area contributed by atoms with Crippen LogP contribution in [0.1, 0.15) is 60.9 Å². The molecule has 1 unspecified atom stereocenters. The van der Waals surface area contributed by atoms with E-state index in [9.17, 15) is 15.3 Å². The summed E-state index contributed by atoms with van der Waals surface area (Å²) in [7, 11) is 0. The Morgan fingerprint density at radius 1 is 1.17 bits per heavy atom. The van der Waals surface area contributed by atoms with E-state index in [1.165, 1.54) is 41.9 Å². The summed E-state index contributed by atoms with van der Waals surface area (Å²) < 4.78 is 5.43. The second kappa shape index (κ2) is 12.2. The first-order valence-electron chi connectivity index (χ1n) is 12.2. The Morgan fingerprint density at radius 3 is 2.61 bits per heavy atom. The van der Waals surface area contributed by atoms with Gasteiger partial charge in [-0.1, -0.05) is 66.7 Å². The van der Waals surface area contributed by atoms with Gasteiger partial charge in [-0.2, -0.15) is 10.5 Å². The monoisotopic (exact) mass is 516 g/mol. The van der Waals surface area contributed by atoms with Crippen molar-refractivity contribution in [2.45, 2.75) is 56.4 Å². The van der Waals surface area contributed by atoms with E-state index < -0.39 is 11.9 Å². The molecular weight excluding hydrogens is 488 g/mol. The third kappa shape index (κ3) is 5.61. The number of hydrogen-bond donors (Lipinski definition) is 1. The van der Waals surface area contributed by atoms with Gasteiger partial charge in [-0.05, 0) is 49.8 Å². The maximum absolute atomic E-state index is 13.2. The molecule has 0 amide bonds. The number of ether oxygens (including phenoxy) is 1. The molecule has 0 radical (unpaired) electrons. The van der Waals surface area contributed by atoms with E-state index in [0.29, 0.717) is 32.5 Å². The predicted octanol–water partition coefficient (Wildman–Crippen LogP) is 5.75. The molecule has 2 heterocycles. The van der Waals surface area contributed by atoms with Crippen LogP contribution in [0.2, 0.25) is 0 Å². The van der Waals surface area contributed by atoms with Crippen molar-refractivity contribution in [1.82, 2.24) is 4.98 Å². The van der Waals surface area contributed by atoms with Crippen molar-refractivity contribution in [3.05, 3.63) is 79.9 Å². The van der Waals surface area contributed by atoms with Crippen molar-refractivity contribution < 1.29 is 9.53 Å². The van der Waals surface area contributed by atoms with Gasteiger partial charge in [0.05, 0.1) is 40.3 Å². The van der Waals surface area contributed by atoms with Crippen LogP contribution in [0.15, 0.2) is 62.5 Å². The molecular formula is C28H28N4O2S2. The summed E-state index contributed by atoms with van der Waals surface area (Å²) in [4.78, 5) is 18.8. The van der Waals surface area contributed by atoms with Crippen LogP contribution in [0.25, 0.3) is 0 Å². The van der Waals surface area contributed by atoms with Crippen molar-refractivity contribution in [1.29, 1.82) is 10.5 Å². The second-order valence-electron chi connectivity index (χ2n) is 8.65. The number of allylic oxidation sites excluding steroid dienone is 1. The highest BCUT2D eigenvalue weighted by molar-refractivity contribution is 8.08. The van der Waals surface area contributed by atoms with Crippen LogP contribution in [0.3, 0.4) is 0 Å². The number of fused-ring (bicyclic) bond motifs is 1. The van der Waals surface area contributed by atoms with E-state index in [2.05, 4.69) is 12.1 Å². The second-order valence-corrected chi connectivity index (χ2v) is 10.8. The maximum atomic E-state index is 13.2. The van der Waals surface area contributed by atoms with Gasteiger partial charge in [-0.3, -0.25) is 0 Å². The Labute approximate surface area is 220 Å². The van der Waals surface area contributed by atoms with E-state index in [-0.39, 0.29) is 6.61 Å². The average molecular weight is 517 g/mol. The van der Waals surface area contributed by atoms with Crippen LogP contribution in [0.5, 0.6) is 0 Å². The summed E-state index contributed by atoms with van der Waals surface area (Å²) in [5.74, 6) is -0.671. The van der Waals surface area contributed by atoms with Gasteiger partial charge in [0.1, 0.15) is 11.1 Å². The summed E-state index contributed by atoms with van der Waals surface area (Å²) in [5, 5.41) is 20.8. The molecule has 1 aromatic carbocycles. The highest BCUT2D eigenvalue weighted by Crippen LogP contribution is 2.47. The minimum absolute atomic E-state index is 0.223. The van der Waals surface area contributed by atoms with Gasteiger partial charge < -0.3 is 10.5 Å². The Hall–Kier alpha value is -3.20. The van der Waals surface area contributed by atoms with Gasteiger partial charge >= 0.3 is 5.97 Å². The van der Waals surface area contributed by atoms with Gasteiger partial charge in [-0.25, -0.2) is 9.78 Å². The number of carbonyl (C=O) groups is 1. The zero-order valence-corrected chi connectivity index (χ0v) is 21.9. The Balaban J connectivity index is 1.73. The molecule has 0 saturated carbocycles. The van der Waals surface area contributed by atoms with Crippen molar-refractivity contribution >= 4 is 29.5 Å². The predicted molar refractivity (Wildman–Crippen MR) is 143 cm³/mol. The Kier molecular flexibility index (Phi) is 8.74. The van der Waals surface area contributed by atoms with Gasteiger partial charge in [0, 0.05) is 16.4 Å². The van der Waals surface area contributed by atoms with Crippen molar-refractivity contribution in [3.8, 4) is 12.1 Å². The lowest BCUT2D eigenvalue weighted by Gasteiger charge is -2.28. The fourth-order valence-corrected chi connectivity index (χ4v) is 6.75. The molecule has 4 rings (SSSR count). The largest absolute Gasteiger partial charge is 0.463 e. The smallest absolute Gasteiger partial charge is 0.335 e. The minimum atomic E-state index is -0.605. The number of thioether (sulfide) groups is 2. The summed E-state index contributed by atoms with van der Waals surface area (Å²) in [6.07, 6.45) is 6.49. The molecule has 1 atom stereocenters. The third-order valence-corrected chi connectivity index (χ3v) is 8.60. The van der Waals surface area contributed by atoms with Crippen LogP contribution in [-0.2, 0) is 22.4 Å². The highest BCUT2D eigenvalue weighted by Gasteiger charge is 2.36. The molecule has 6 nitrogen and oxygen atoms in total. The first-order valence-corrected chi connectivity index (χ1v) is 14.0. The van der Waals surface area contributed by atoms with Crippen LogP contribution < -0.4 is 5.73 Å². The van der Waals surface area contributed by atoms with Crippen LogP contribution in [0, 0.1) is 22.7 Å². The molecule has 8 heteroatoms. The van der Waals surface area contributed by atoms with Gasteiger partial charge in [0.25, 0.3) is 0 Å². The lowest BCUT2D eigenvalue weighted by molar-refractivity contribution is -0.138. The summed E-state index contributed by atoms with van der Waals surface area (Å²) in [6.45, 7) is 1.98. The van der Waals surface area contributed by atoms with Gasteiger partial charge in [0.15, 0.2) is 0 Å². The summed E-state index contributed by atoms with van der Waals surface area (Å²) in [6, 6.07) is 15.9. The zero-order chi connectivity index (χ0) is 25.5. The topological polar surface area (TPSA) is 113 Å². The molecule has 0 bridgehead atoms. The summed E-state index contributed by atoms with van der Waals surface area (Å²) >= 11 is 2.66. The number of carbonyl (C=O) groups excluding carboxylic acids is 1. The van der Waals surface area contributed by atoms with Crippen LogP contribution in [-0.4, -0.2) is 23.3 Å². The Morgan fingerprint density at radius 2 is 1.92 bits per heavy atom. The number of rotatable bonds is 6. The van der Waals surface area contributed by atoms with Crippen LogP contribution in [0.4, 0.5) is 0 Å². The molecule has 36 heavy (non-hydrogen) atoms. The molecule has 2 aromatic rings. The normalized spacial score (nSPS) is 17.9. The number of pyridine rings is 1. The van der Waals surface area contributed by atoms with E-state index in [0.717, 1.165) is 41.8 Å². The van der Waals surface area contributed by atoms with E-state index in [4.69, 9.17) is 15.5 Å². The van der Waals surface area contributed by atoms with E-state index >= 15 is 0 Å². The van der Waals surface area contributed by atoms with Gasteiger partial charge in [0.2, 0.25) is 0 Å². The first-order chi connectivity index (χ1) is 17.6. The van der Waals surface area contributed by atoms with Crippen LogP contribution >= 0.6 is 23.5 Å². The molecule has 0 fully saturated rings. The first kappa shape index (κ1) is 25.9. The number of esters is 1. The quantitative estimate of drug-likeness (QED) is 0.382. The molecule has 184 valence electrons. The van der Waals surface area contributed by atoms with Gasteiger partial charge in [-0.15, -0.1) is 0 Å². The number of hydrogen-bond acceptors (Lipinski definition) is 8. The standard InChI is InChI=1S/C28H28N4O2S2/c1-2-34-28(33)25-23(36-26(31)21(16-30)24(25)18-10-7-5-8-11-18)17-35-27-20(15-29)14-19-12-6-3-4-9-13-22(19)32-27/h5,7-8,10-11,14,24H,2-4,6,9,12-13,17,31H2,1H3. The third-order valence-electron chi connectivity index (χ3n) is 6.35. The highest BCUT2D eigenvalue weighted by atomic mass is 32.2. The molecule has 1 aliphatic carbocycles. The summed E-state index contributed by atoms with van der Waals surface area (Å²) in [5.41, 5.74) is 10.7. The Bertz CT molecular complexity index is 1290. The van der Waals surface area contributed by atoms with Crippen molar-refractivity contribution in [2.75, 3.05) is 12.4 Å². The molecule has 1 aliphatic heterocycles. The molecule has 0 saturated heterocycles. The average Bonchev–Trinajstić information content (AvgIpc) is 2.88. The zero-order valence-electron chi connectivity index (χ0n) is 20.3. The fraction of sp³-hybridized carbons (Fsp3) is 0.357.